The average molecular weight is 314 g/mol. The molecule has 0 saturated carbocycles. The Kier molecular flexibility index (Phi) is 4.13. The third-order valence-electron chi connectivity index (χ3n) is 2.92. The first-order valence-electron chi connectivity index (χ1n) is 5.86. The Labute approximate surface area is 121 Å². The van der Waals surface area contributed by atoms with Crippen LogP contribution in [0.2, 0.25) is 0 Å². The Bertz CT molecular complexity index is 653. The lowest BCUT2D eigenvalue weighted by Gasteiger charge is -2.06. The van der Waals surface area contributed by atoms with Crippen molar-refractivity contribution in [3.63, 3.8) is 0 Å². The van der Waals surface area contributed by atoms with Crippen LogP contribution >= 0.6 is 15.9 Å². The summed E-state index contributed by atoms with van der Waals surface area (Å²) in [6.07, 6.45) is 0.380. The summed E-state index contributed by atoms with van der Waals surface area (Å²) < 4.78 is 1.00. The zero-order valence-electron chi connectivity index (χ0n) is 10.5. The summed E-state index contributed by atoms with van der Waals surface area (Å²) in [5.41, 5.74) is 3.10. The molecular formula is C16H12BrNO. The highest BCUT2D eigenvalue weighted by atomic mass is 79.9. The van der Waals surface area contributed by atoms with Crippen molar-refractivity contribution in [3.8, 4) is 0 Å². The van der Waals surface area contributed by atoms with Crippen LogP contribution in [0.1, 0.15) is 21.5 Å². The number of carbonyl (C=O) groups is 1. The second kappa shape index (κ2) is 5.81. The van der Waals surface area contributed by atoms with Crippen molar-refractivity contribution >= 4 is 27.4 Å². The quantitative estimate of drug-likeness (QED) is 0.592. The van der Waals surface area contributed by atoms with Gasteiger partial charge in [-0.1, -0.05) is 51.8 Å². The minimum Gasteiger partial charge on any atom is -0.294 e. The molecule has 0 N–H and O–H groups in total. The van der Waals surface area contributed by atoms with E-state index in [0.29, 0.717) is 17.7 Å². The van der Waals surface area contributed by atoms with Crippen LogP contribution in [0.25, 0.3) is 4.85 Å². The van der Waals surface area contributed by atoms with Gasteiger partial charge in [0, 0.05) is 16.5 Å². The molecule has 0 aliphatic heterocycles. The average Bonchev–Trinajstić information content (AvgIpc) is 2.41. The molecule has 0 atom stereocenters. The highest BCUT2D eigenvalue weighted by Gasteiger charge is 2.10. The molecule has 0 bridgehead atoms. The van der Waals surface area contributed by atoms with Gasteiger partial charge in [0.05, 0.1) is 6.57 Å². The number of benzene rings is 2. The summed E-state index contributed by atoms with van der Waals surface area (Å²) in [4.78, 5) is 15.6. The monoisotopic (exact) mass is 313 g/mol. The predicted molar refractivity (Wildman–Crippen MR) is 79.6 cm³/mol. The van der Waals surface area contributed by atoms with Gasteiger partial charge in [0.25, 0.3) is 0 Å². The van der Waals surface area contributed by atoms with E-state index >= 15 is 0 Å². The molecule has 2 aromatic rings. The van der Waals surface area contributed by atoms with E-state index in [9.17, 15) is 4.79 Å². The number of aryl methyl sites for hydroxylation is 1. The number of hydrogen-bond donors (Lipinski definition) is 0. The van der Waals surface area contributed by atoms with E-state index in [-0.39, 0.29) is 5.78 Å². The standard InChI is InChI=1S/C16H12BrNO/c1-11-9-14(18-2)7-8-15(11)16(19)10-12-3-5-13(17)6-4-12/h3-9H,10H2,1H3. The van der Waals surface area contributed by atoms with Gasteiger partial charge in [0.2, 0.25) is 0 Å². The van der Waals surface area contributed by atoms with Gasteiger partial charge >= 0.3 is 0 Å². The summed E-state index contributed by atoms with van der Waals surface area (Å²) in [5.74, 6) is 0.0800. The van der Waals surface area contributed by atoms with Crippen LogP contribution in [-0.2, 0) is 6.42 Å². The van der Waals surface area contributed by atoms with Crippen LogP contribution < -0.4 is 0 Å². The molecule has 2 rings (SSSR count). The Balaban J connectivity index is 2.21. The molecule has 0 fully saturated rings. The SMILES string of the molecule is [C-]#[N+]c1ccc(C(=O)Cc2ccc(Br)cc2)c(C)c1. The molecule has 19 heavy (non-hydrogen) atoms. The number of nitrogens with zero attached hydrogens (tertiary/aromatic N) is 1. The molecule has 0 aromatic heterocycles. The fourth-order valence-corrected chi connectivity index (χ4v) is 2.18. The van der Waals surface area contributed by atoms with Crippen LogP contribution in [0.4, 0.5) is 5.69 Å². The van der Waals surface area contributed by atoms with Gasteiger partial charge in [0.15, 0.2) is 11.5 Å². The number of Topliss-reactive ketones (excluding diaryl/α,β-unsaturated/α-hetero) is 1. The molecule has 0 spiro atoms. The normalized spacial score (nSPS) is 9.95. The van der Waals surface area contributed by atoms with Gasteiger partial charge in [0.1, 0.15) is 0 Å². The zero-order chi connectivity index (χ0) is 13.8. The summed E-state index contributed by atoms with van der Waals surface area (Å²) in [5, 5.41) is 0. The third kappa shape index (κ3) is 3.30. The lowest BCUT2D eigenvalue weighted by Crippen LogP contribution is -2.05. The Morgan fingerprint density at radius 2 is 1.89 bits per heavy atom. The topological polar surface area (TPSA) is 21.4 Å². The number of hydrogen-bond acceptors (Lipinski definition) is 1. The van der Waals surface area contributed by atoms with Gasteiger partial charge in [-0.2, -0.15) is 0 Å². The highest BCUT2D eigenvalue weighted by Crippen LogP contribution is 2.20. The number of carbonyl (C=O) groups excluding carboxylic acids is 1. The summed E-state index contributed by atoms with van der Waals surface area (Å²) in [7, 11) is 0. The fourth-order valence-electron chi connectivity index (χ4n) is 1.91. The Morgan fingerprint density at radius 3 is 2.47 bits per heavy atom. The first-order valence-corrected chi connectivity index (χ1v) is 6.65. The van der Waals surface area contributed by atoms with E-state index in [0.717, 1.165) is 15.6 Å². The second-order valence-electron chi connectivity index (χ2n) is 4.34. The first kappa shape index (κ1) is 13.5. The minimum atomic E-state index is 0.0800. The maximum atomic E-state index is 12.2. The van der Waals surface area contributed by atoms with E-state index in [2.05, 4.69) is 20.8 Å². The molecule has 94 valence electrons. The van der Waals surface area contributed by atoms with Crippen molar-refractivity contribution in [2.75, 3.05) is 0 Å². The third-order valence-corrected chi connectivity index (χ3v) is 3.45. The maximum absolute atomic E-state index is 12.2. The van der Waals surface area contributed by atoms with Crippen LogP contribution in [-0.4, -0.2) is 5.78 Å². The molecule has 0 aliphatic rings. The van der Waals surface area contributed by atoms with Gasteiger partial charge in [-0.15, -0.1) is 0 Å². The fraction of sp³-hybridized carbons (Fsp3) is 0.125. The van der Waals surface area contributed by atoms with Crippen LogP contribution in [0.15, 0.2) is 46.9 Å². The molecule has 0 unspecified atom stereocenters. The van der Waals surface area contributed by atoms with Gasteiger partial charge in [-0.3, -0.25) is 4.79 Å². The molecular weight excluding hydrogens is 302 g/mol. The predicted octanol–water partition coefficient (Wildman–Crippen LogP) is 4.73. The zero-order valence-corrected chi connectivity index (χ0v) is 12.1. The molecule has 2 nitrogen and oxygen atoms in total. The van der Waals surface area contributed by atoms with Gasteiger partial charge < -0.3 is 0 Å². The summed E-state index contributed by atoms with van der Waals surface area (Å²) in [6.45, 7) is 8.82. The van der Waals surface area contributed by atoms with E-state index in [1.165, 1.54) is 0 Å². The molecule has 0 amide bonds. The van der Waals surface area contributed by atoms with Crippen molar-refractivity contribution in [2.45, 2.75) is 13.3 Å². The molecule has 0 radical (unpaired) electrons. The Morgan fingerprint density at radius 1 is 1.21 bits per heavy atom. The van der Waals surface area contributed by atoms with E-state index in [1.54, 1.807) is 18.2 Å². The minimum absolute atomic E-state index is 0.0800. The molecule has 0 aliphatic carbocycles. The molecule has 0 heterocycles. The highest BCUT2D eigenvalue weighted by molar-refractivity contribution is 9.10. The summed E-state index contributed by atoms with van der Waals surface area (Å²) in [6, 6.07) is 12.9. The number of ketones is 1. The van der Waals surface area contributed by atoms with Crippen molar-refractivity contribution in [1.29, 1.82) is 0 Å². The largest absolute Gasteiger partial charge is 0.294 e. The van der Waals surface area contributed by atoms with Crippen LogP contribution in [0.5, 0.6) is 0 Å². The first-order chi connectivity index (χ1) is 9.10. The maximum Gasteiger partial charge on any atom is 0.187 e. The molecule has 0 saturated heterocycles. The van der Waals surface area contributed by atoms with Gasteiger partial charge in [-0.05, 0) is 24.6 Å². The number of halogens is 1. The molecule has 3 heteroatoms. The van der Waals surface area contributed by atoms with Crippen molar-refractivity contribution in [2.24, 2.45) is 0 Å². The number of rotatable bonds is 3. The summed E-state index contributed by atoms with van der Waals surface area (Å²) >= 11 is 3.37. The van der Waals surface area contributed by atoms with E-state index in [1.807, 2.05) is 31.2 Å². The van der Waals surface area contributed by atoms with Crippen LogP contribution in [0, 0.1) is 13.5 Å². The van der Waals surface area contributed by atoms with Crippen molar-refractivity contribution < 1.29 is 4.79 Å². The van der Waals surface area contributed by atoms with Crippen LogP contribution in [0.3, 0.4) is 0 Å². The second-order valence-corrected chi connectivity index (χ2v) is 5.25. The Hall–Kier alpha value is -1.92. The smallest absolute Gasteiger partial charge is 0.187 e. The van der Waals surface area contributed by atoms with E-state index < -0.39 is 0 Å². The van der Waals surface area contributed by atoms with Crippen molar-refractivity contribution in [1.82, 2.24) is 0 Å². The van der Waals surface area contributed by atoms with Gasteiger partial charge in [-0.25, -0.2) is 4.85 Å². The molecule has 2 aromatic carbocycles. The van der Waals surface area contributed by atoms with Crippen molar-refractivity contribution in [3.05, 3.63) is 75.0 Å². The lowest BCUT2D eigenvalue weighted by molar-refractivity contribution is 0.0992. The van der Waals surface area contributed by atoms with E-state index in [4.69, 9.17) is 6.57 Å². The lowest BCUT2D eigenvalue weighted by atomic mass is 9.99.